The number of furan rings is 1. The molecule has 2 atom stereocenters. The summed E-state index contributed by atoms with van der Waals surface area (Å²) in [4.78, 5) is 16.4. The number of likely N-dealkylation sites (tertiary alicyclic amines) is 2. The Hall–Kier alpha value is -2.01. The van der Waals surface area contributed by atoms with Crippen molar-refractivity contribution in [3.63, 3.8) is 0 Å². The molecule has 4 rings (SSSR count). The number of fused-ring (bicyclic) bond motifs is 1. The van der Waals surface area contributed by atoms with E-state index in [4.69, 9.17) is 9.15 Å². The number of amides is 1. The predicted octanol–water partition coefficient (Wildman–Crippen LogP) is 4.62. The van der Waals surface area contributed by atoms with E-state index >= 15 is 0 Å². The van der Waals surface area contributed by atoms with Gasteiger partial charge in [0, 0.05) is 30.6 Å². The molecule has 0 aliphatic carbocycles. The first-order valence-corrected chi connectivity index (χ1v) is 10.3. The van der Waals surface area contributed by atoms with Crippen LogP contribution in [0.2, 0.25) is 0 Å². The Morgan fingerprint density at radius 2 is 2.00 bits per heavy atom. The number of rotatable bonds is 3. The summed E-state index contributed by atoms with van der Waals surface area (Å²) in [5.41, 5.74) is 2.42. The van der Waals surface area contributed by atoms with Gasteiger partial charge in [-0.2, -0.15) is 0 Å². The molecule has 1 aromatic carbocycles. The van der Waals surface area contributed by atoms with E-state index in [1.807, 2.05) is 11.8 Å². The summed E-state index contributed by atoms with van der Waals surface area (Å²) in [7, 11) is 0. The fourth-order valence-corrected chi connectivity index (χ4v) is 4.95. The Kier molecular flexibility index (Phi) is 5.39. The summed E-state index contributed by atoms with van der Waals surface area (Å²) < 4.78 is 10.9. The number of para-hydroxylation sites is 1. The molecule has 2 unspecified atom stereocenters. The Morgan fingerprint density at radius 3 is 2.74 bits per heavy atom. The number of benzene rings is 1. The van der Waals surface area contributed by atoms with Gasteiger partial charge in [0.2, 0.25) is 0 Å². The summed E-state index contributed by atoms with van der Waals surface area (Å²) in [6.45, 7) is 7.40. The lowest BCUT2D eigenvalue weighted by atomic mass is 9.83. The first-order valence-electron chi connectivity index (χ1n) is 10.3. The van der Waals surface area contributed by atoms with E-state index in [0.29, 0.717) is 24.6 Å². The van der Waals surface area contributed by atoms with Crippen molar-refractivity contribution in [2.75, 3.05) is 26.2 Å². The molecule has 0 saturated carbocycles. The van der Waals surface area contributed by atoms with Gasteiger partial charge >= 0.3 is 6.09 Å². The average molecular weight is 370 g/mol. The number of hydrogen-bond donors (Lipinski definition) is 0. The molecule has 0 N–H and O–H groups in total. The maximum absolute atomic E-state index is 11.9. The SMILES string of the molecule is CCOC(=O)N1CCC(N2CCC(c3cccc4ccoc34)CC2C)CC1. The highest BCUT2D eigenvalue weighted by atomic mass is 16.6. The molecular weight excluding hydrogens is 340 g/mol. The van der Waals surface area contributed by atoms with Crippen LogP contribution >= 0.6 is 0 Å². The minimum atomic E-state index is -0.158. The van der Waals surface area contributed by atoms with E-state index in [1.165, 1.54) is 17.4 Å². The van der Waals surface area contributed by atoms with Crippen molar-refractivity contribution in [2.24, 2.45) is 0 Å². The monoisotopic (exact) mass is 370 g/mol. The fraction of sp³-hybridized carbons (Fsp3) is 0.591. The van der Waals surface area contributed by atoms with Crippen LogP contribution in [0.25, 0.3) is 11.0 Å². The van der Waals surface area contributed by atoms with Crippen LogP contribution in [-0.2, 0) is 4.74 Å². The van der Waals surface area contributed by atoms with Gasteiger partial charge in [0.1, 0.15) is 5.58 Å². The van der Waals surface area contributed by atoms with Crippen LogP contribution in [0, 0.1) is 0 Å². The number of carbonyl (C=O) groups excluding carboxylic acids is 1. The summed E-state index contributed by atoms with van der Waals surface area (Å²) in [5, 5.41) is 1.20. The molecule has 0 spiro atoms. The van der Waals surface area contributed by atoms with Crippen molar-refractivity contribution in [1.29, 1.82) is 0 Å². The van der Waals surface area contributed by atoms with Gasteiger partial charge in [-0.05, 0) is 63.6 Å². The van der Waals surface area contributed by atoms with Crippen LogP contribution in [0.3, 0.4) is 0 Å². The van der Waals surface area contributed by atoms with E-state index in [1.54, 1.807) is 6.26 Å². The van der Waals surface area contributed by atoms with Gasteiger partial charge < -0.3 is 14.1 Å². The van der Waals surface area contributed by atoms with Gasteiger partial charge in [-0.3, -0.25) is 4.90 Å². The number of carbonyl (C=O) groups is 1. The molecular formula is C22H30N2O3. The molecule has 0 bridgehead atoms. The molecule has 5 heteroatoms. The van der Waals surface area contributed by atoms with Gasteiger partial charge in [0.05, 0.1) is 12.9 Å². The van der Waals surface area contributed by atoms with Crippen molar-refractivity contribution in [2.45, 2.75) is 57.5 Å². The molecule has 146 valence electrons. The summed E-state index contributed by atoms with van der Waals surface area (Å²) >= 11 is 0. The van der Waals surface area contributed by atoms with Gasteiger partial charge in [-0.15, -0.1) is 0 Å². The van der Waals surface area contributed by atoms with E-state index in [9.17, 15) is 4.79 Å². The molecule has 2 fully saturated rings. The second kappa shape index (κ2) is 7.93. The molecule has 5 nitrogen and oxygen atoms in total. The number of piperidine rings is 2. The standard InChI is InChI=1S/C22H30N2O3/c1-3-26-22(25)23-11-8-19(9-12-23)24-13-7-18(15-16(24)2)20-6-4-5-17-10-14-27-21(17)20/h4-6,10,14,16,18-19H,3,7-9,11-13,15H2,1-2H3. The molecule has 27 heavy (non-hydrogen) atoms. The average Bonchev–Trinajstić information content (AvgIpc) is 3.17. The van der Waals surface area contributed by atoms with E-state index < -0.39 is 0 Å². The van der Waals surface area contributed by atoms with Gasteiger partial charge in [0.25, 0.3) is 0 Å². The van der Waals surface area contributed by atoms with Crippen LogP contribution in [0.4, 0.5) is 4.79 Å². The third-order valence-electron chi connectivity index (χ3n) is 6.34. The third kappa shape index (κ3) is 3.70. The Balaban J connectivity index is 1.37. The van der Waals surface area contributed by atoms with Gasteiger partial charge in [-0.1, -0.05) is 18.2 Å². The van der Waals surface area contributed by atoms with Crippen LogP contribution in [0.15, 0.2) is 34.9 Å². The van der Waals surface area contributed by atoms with E-state index in [2.05, 4.69) is 36.1 Å². The first-order chi connectivity index (χ1) is 13.2. The minimum Gasteiger partial charge on any atom is -0.464 e. The molecule has 2 aliphatic heterocycles. The topological polar surface area (TPSA) is 45.9 Å². The number of ether oxygens (including phenoxy) is 1. The zero-order valence-electron chi connectivity index (χ0n) is 16.4. The zero-order chi connectivity index (χ0) is 18.8. The first kappa shape index (κ1) is 18.4. The normalized spacial score (nSPS) is 25.0. The highest BCUT2D eigenvalue weighted by Gasteiger charge is 2.34. The highest BCUT2D eigenvalue weighted by Crippen LogP contribution is 2.37. The zero-order valence-corrected chi connectivity index (χ0v) is 16.4. The van der Waals surface area contributed by atoms with Gasteiger partial charge in [0.15, 0.2) is 0 Å². The molecule has 2 saturated heterocycles. The van der Waals surface area contributed by atoms with Crippen LogP contribution < -0.4 is 0 Å². The van der Waals surface area contributed by atoms with E-state index in [-0.39, 0.29) is 6.09 Å². The molecule has 2 aromatic rings. The lowest BCUT2D eigenvalue weighted by Gasteiger charge is -2.45. The molecule has 1 amide bonds. The van der Waals surface area contributed by atoms with Crippen LogP contribution in [0.5, 0.6) is 0 Å². The molecule has 1 aromatic heterocycles. The second-order valence-corrected chi connectivity index (χ2v) is 7.91. The van der Waals surface area contributed by atoms with E-state index in [0.717, 1.165) is 44.5 Å². The highest BCUT2D eigenvalue weighted by molar-refractivity contribution is 5.80. The summed E-state index contributed by atoms with van der Waals surface area (Å²) in [6, 6.07) is 9.68. The van der Waals surface area contributed by atoms with Crippen molar-refractivity contribution in [1.82, 2.24) is 9.80 Å². The number of hydrogen-bond acceptors (Lipinski definition) is 4. The maximum Gasteiger partial charge on any atom is 0.409 e. The second-order valence-electron chi connectivity index (χ2n) is 7.91. The molecule has 0 radical (unpaired) electrons. The Bertz CT molecular complexity index is 779. The number of nitrogens with zero attached hydrogens (tertiary/aromatic N) is 2. The van der Waals surface area contributed by atoms with Crippen LogP contribution in [-0.4, -0.2) is 54.2 Å². The third-order valence-corrected chi connectivity index (χ3v) is 6.34. The lowest BCUT2D eigenvalue weighted by Crippen LogP contribution is -2.52. The Morgan fingerprint density at radius 1 is 1.19 bits per heavy atom. The quantitative estimate of drug-likeness (QED) is 0.791. The fourth-order valence-electron chi connectivity index (χ4n) is 4.95. The van der Waals surface area contributed by atoms with Gasteiger partial charge in [-0.25, -0.2) is 4.79 Å². The largest absolute Gasteiger partial charge is 0.464 e. The van der Waals surface area contributed by atoms with Crippen molar-refractivity contribution in [3.8, 4) is 0 Å². The Labute approximate surface area is 161 Å². The summed E-state index contributed by atoms with van der Waals surface area (Å²) in [5.74, 6) is 0.561. The molecule has 3 heterocycles. The summed E-state index contributed by atoms with van der Waals surface area (Å²) in [6.07, 6.45) is 6.06. The minimum absolute atomic E-state index is 0.158. The van der Waals surface area contributed by atoms with Crippen molar-refractivity contribution >= 4 is 17.1 Å². The lowest BCUT2D eigenvalue weighted by molar-refractivity contribution is 0.0439. The molecule has 2 aliphatic rings. The van der Waals surface area contributed by atoms with Crippen molar-refractivity contribution < 1.29 is 13.9 Å². The van der Waals surface area contributed by atoms with Crippen LogP contribution in [0.1, 0.15) is 51.0 Å². The smallest absolute Gasteiger partial charge is 0.409 e. The predicted molar refractivity (Wildman–Crippen MR) is 106 cm³/mol. The maximum atomic E-state index is 11.9. The van der Waals surface area contributed by atoms with Crippen molar-refractivity contribution in [3.05, 3.63) is 36.1 Å².